The van der Waals surface area contributed by atoms with E-state index in [4.69, 9.17) is 0 Å². The first-order valence-corrected chi connectivity index (χ1v) is 10.8. The number of amides is 1. The molecular weight excluding hydrogens is 352 g/mol. The molecule has 0 unspecified atom stereocenters. The van der Waals surface area contributed by atoms with E-state index in [-0.39, 0.29) is 5.91 Å². The van der Waals surface area contributed by atoms with Crippen LogP contribution in [0.3, 0.4) is 0 Å². The van der Waals surface area contributed by atoms with E-state index in [1.807, 2.05) is 11.6 Å². The molecular formula is C18H26N4OS2. The highest BCUT2D eigenvalue weighted by Gasteiger charge is 2.18. The van der Waals surface area contributed by atoms with E-state index in [9.17, 15) is 4.79 Å². The Bertz CT molecular complexity index is 730. The molecule has 25 heavy (non-hydrogen) atoms. The summed E-state index contributed by atoms with van der Waals surface area (Å²) in [5, 5.41) is 14.7. The smallest absolute Gasteiger partial charge is 0.230 e. The van der Waals surface area contributed by atoms with Crippen LogP contribution < -0.4 is 5.32 Å². The van der Waals surface area contributed by atoms with Crippen molar-refractivity contribution in [2.75, 3.05) is 5.75 Å². The first kappa shape index (κ1) is 18.5. The van der Waals surface area contributed by atoms with Gasteiger partial charge in [-0.3, -0.25) is 4.79 Å². The molecule has 7 heteroatoms. The number of aryl methyl sites for hydroxylation is 1. The Morgan fingerprint density at radius 3 is 2.64 bits per heavy atom. The number of hydrogen-bond donors (Lipinski definition) is 1. The van der Waals surface area contributed by atoms with Gasteiger partial charge in [-0.25, -0.2) is 0 Å². The van der Waals surface area contributed by atoms with Crippen molar-refractivity contribution in [3.8, 4) is 11.4 Å². The van der Waals surface area contributed by atoms with Gasteiger partial charge in [-0.1, -0.05) is 37.4 Å². The third-order valence-corrected chi connectivity index (χ3v) is 6.95. The van der Waals surface area contributed by atoms with Crippen molar-refractivity contribution in [1.29, 1.82) is 0 Å². The van der Waals surface area contributed by atoms with Crippen molar-refractivity contribution in [2.45, 2.75) is 63.6 Å². The van der Waals surface area contributed by atoms with Crippen LogP contribution in [0.5, 0.6) is 0 Å². The summed E-state index contributed by atoms with van der Waals surface area (Å²) in [6.45, 7) is 4.23. The number of thioether (sulfide) groups is 1. The van der Waals surface area contributed by atoms with Gasteiger partial charge in [0, 0.05) is 28.9 Å². The summed E-state index contributed by atoms with van der Waals surface area (Å²) in [6, 6.07) is 0.349. The molecule has 5 nitrogen and oxygen atoms in total. The molecule has 0 spiro atoms. The molecule has 0 aromatic carbocycles. The van der Waals surface area contributed by atoms with Gasteiger partial charge in [-0.15, -0.1) is 21.5 Å². The number of thiophene rings is 1. The molecule has 0 atom stereocenters. The van der Waals surface area contributed by atoms with Gasteiger partial charge in [0.25, 0.3) is 0 Å². The van der Waals surface area contributed by atoms with Crippen molar-refractivity contribution >= 4 is 29.0 Å². The Morgan fingerprint density at radius 2 is 2.00 bits per heavy atom. The second-order valence-electron chi connectivity index (χ2n) is 6.74. The number of carbonyl (C=O) groups is 1. The maximum absolute atomic E-state index is 12.3. The molecule has 0 radical (unpaired) electrons. The summed E-state index contributed by atoms with van der Waals surface area (Å²) in [7, 11) is 1.97. The lowest BCUT2D eigenvalue weighted by Crippen LogP contribution is -2.35. The molecule has 1 N–H and O–H groups in total. The number of nitrogens with one attached hydrogen (secondary N) is 1. The molecule has 0 saturated heterocycles. The second-order valence-corrected chi connectivity index (χ2v) is 8.77. The SMILES string of the molecule is Cc1scc(-c2nnc(SCC(=O)NC3CCCCCC3)n2C)c1C. The topological polar surface area (TPSA) is 59.8 Å². The standard InChI is InChI=1S/C18H26N4OS2/c1-12-13(2)24-10-15(12)17-20-21-18(22(17)3)25-11-16(23)19-14-8-6-4-5-7-9-14/h10,14H,4-9,11H2,1-3H3,(H,19,23). The highest BCUT2D eigenvalue weighted by atomic mass is 32.2. The number of hydrogen-bond acceptors (Lipinski definition) is 5. The van der Waals surface area contributed by atoms with E-state index in [0.717, 1.165) is 29.4 Å². The van der Waals surface area contributed by atoms with Crippen molar-refractivity contribution in [3.63, 3.8) is 0 Å². The second kappa shape index (κ2) is 8.36. The Hall–Kier alpha value is -1.34. The predicted molar refractivity (Wildman–Crippen MR) is 104 cm³/mol. The first-order chi connectivity index (χ1) is 12.1. The van der Waals surface area contributed by atoms with Gasteiger partial charge < -0.3 is 9.88 Å². The van der Waals surface area contributed by atoms with Crippen molar-refractivity contribution in [2.24, 2.45) is 7.05 Å². The fourth-order valence-electron chi connectivity index (χ4n) is 3.23. The maximum atomic E-state index is 12.3. The van der Waals surface area contributed by atoms with Gasteiger partial charge in [-0.2, -0.15) is 0 Å². The molecule has 1 aliphatic carbocycles. The lowest BCUT2D eigenvalue weighted by molar-refractivity contribution is -0.119. The van der Waals surface area contributed by atoms with Crippen molar-refractivity contribution in [3.05, 3.63) is 15.8 Å². The molecule has 1 amide bonds. The normalized spacial score (nSPS) is 16.0. The molecule has 3 rings (SSSR count). The number of nitrogens with zero attached hydrogens (tertiary/aromatic N) is 3. The minimum Gasteiger partial charge on any atom is -0.353 e. The first-order valence-electron chi connectivity index (χ1n) is 8.93. The fraction of sp³-hybridized carbons (Fsp3) is 0.611. The van der Waals surface area contributed by atoms with Gasteiger partial charge in [0.15, 0.2) is 11.0 Å². The molecule has 0 aliphatic heterocycles. The van der Waals surface area contributed by atoms with E-state index in [2.05, 4.69) is 34.7 Å². The van der Waals surface area contributed by atoms with Crippen LogP contribution in [0.2, 0.25) is 0 Å². The average molecular weight is 379 g/mol. The average Bonchev–Trinajstić information content (AvgIpc) is 2.99. The summed E-state index contributed by atoms with van der Waals surface area (Å²) < 4.78 is 1.98. The van der Waals surface area contributed by atoms with Crippen molar-refractivity contribution in [1.82, 2.24) is 20.1 Å². The largest absolute Gasteiger partial charge is 0.353 e. The zero-order chi connectivity index (χ0) is 17.8. The maximum Gasteiger partial charge on any atom is 0.230 e. The van der Waals surface area contributed by atoms with E-state index >= 15 is 0 Å². The zero-order valence-electron chi connectivity index (χ0n) is 15.2. The van der Waals surface area contributed by atoms with Gasteiger partial charge in [0.05, 0.1) is 5.75 Å². The molecule has 1 aliphatic rings. The lowest BCUT2D eigenvalue weighted by atomic mass is 10.1. The fourth-order valence-corrected chi connectivity index (χ4v) is 4.82. The third-order valence-electron chi connectivity index (χ3n) is 4.91. The van der Waals surface area contributed by atoms with Gasteiger partial charge in [-0.05, 0) is 32.3 Å². The summed E-state index contributed by atoms with van der Waals surface area (Å²) in [4.78, 5) is 13.6. The molecule has 0 bridgehead atoms. The van der Waals surface area contributed by atoms with Gasteiger partial charge >= 0.3 is 0 Å². The minimum atomic E-state index is 0.101. The number of aromatic nitrogens is 3. The molecule has 2 aromatic heterocycles. The number of carbonyl (C=O) groups excluding carboxylic acids is 1. The van der Waals surface area contributed by atoms with Crippen LogP contribution >= 0.6 is 23.1 Å². The van der Waals surface area contributed by atoms with E-state index in [0.29, 0.717) is 11.8 Å². The molecule has 2 heterocycles. The number of rotatable bonds is 5. The third kappa shape index (κ3) is 4.44. The zero-order valence-corrected chi connectivity index (χ0v) is 16.8. The van der Waals surface area contributed by atoms with Crippen LogP contribution in [0.25, 0.3) is 11.4 Å². The molecule has 1 saturated carbocycles. The lowest BCUT2D eigenvalue weighted by Gasteiger charge is -2.15. The van der Waals surface area contributed by atoms with Crippen LogP contribution in [0, 0.1) is 13.8 Å². The Labute approximate surface area is 157 Å². The molecule has 1 fully saturated rings. The molecule has 136 valence electrons. The van der Waals surface area contributed by atoms with Crippen LogP contribution in [0.4, 0.5) is 0 Å². The van der Waals surface area contributed by atoms with Crippen LogP contribution in [-0.4, -0.2) is 32.5 Å². The molecule has 2 aromatic rings. The van der Waals surface area contributed by atoms with E-state index in [1.165, 1.54) is 47.9 Å². The van der Waals surface area contributed by atoms with E-state index < -0.39 is 0 Å². The Morgan fingerprint density at radius 1 is 1.28 bits per heavy atom. The predicted octanol–water partition coefficient (Wildman–Crippen LogP) is 4.09. The van der Waals surface area contributed by atoms with Crippen LogP contribution in [0.1, 0.15) is 49.0 Å². The minimum absolute atomic E-state index is 0.101. The van der Waals surface area contributed by atoms with Gasteiger partial charge in [0.2, 0.25) is 5.91 Å². The van der Waals surface area contributed by atoms with Crippen LogP contribution in [0.15, 0.2) is 10.5 Å². The summed E-state index contributed by atoms with van der Waals surface area (Å²) in [5.41, 5.74) is 2.38. The van der Waals surface area contributed by atoms with Gasteiger partial charge in [0.1, 0.15) is 0 Å². The van der Waals surface area contributed by atoms with E-state index in [1.54, 1.807) is 11.3 Å². The van der Waals surface area contributed by atoms with Crippen molar-refractivity contribution < 1.29 is 4.79 Å². The summed E-state index contributed by atoms with van der Waals surface area (Å²) in [6.07, 6.45) is 7.27. The monoisotopic (exact) mass is 378 g/mol. The summed E-state index contributed by atoms with van der Waals surface area (Å²) in [5.74, 6) is 1.36. The van der Waals surface area contributed by atoms with Crippen LogP contribution in [-0.2, 0) is 11.8 Å². The quantitative estimate of drug-likeness (QED) is 0.629. The highest BCUT2D eigenvalue weighted by molar-refractivity contribution is 7.99. The summed E-state index contributed by atoms with van der Waals surface area (Å²) >= 11 is 3.19. The Balaban J connectivity index is 1.58. The Kier molecular flexibility index (Phi) is 6.17. The highest BCUT2D eigenvalue weighted by Crippen LogP contribution is 2.30.